The third kappa shape index (κ3) is 3.47. The first-order valence-corrected chi connectivity index (χ1v) is 5.95. The second-order valence-electron chi connectivity index (χ2n) is 4.06. The second kappa shape index (κ2) is 6.90. The molecule has 0 atom stereocenters. The molecule has 1 aromatic carbocycles. The summed E-state index contributed by atoms with van der Waals surface area (Å²) in [6.45, 7) is 1.59. The van der Waals surface area contributed by atoms with E-state index in [9.17, 15) is 23.7 Å². The predicted octanol–water partition coefficient (Wildman–Crippen LogP) is 1.72. The van der Waals surface area contributed by atoms with Gasteiger partial charge in [0.15, 0.2) is 0 Å². The molecule has 0 fully saturated rings. The van der Waals surface area contributed by atoms with Crippen LogP contribution in [0.15, 0.2) is 12.1 Å². The maximum Gasteiger partial charge on any atom is 0.308 e. The average molecular weight is 288 g/mol. The number of halogens is 2. The second-order valence-corrected chi connectivity index (χ2v) is 4.06. The summed E-state index contributed by atoms with van der Waals surface area (Å²) in [6, 6.07) is 1.03. The largest absolute Gasteiger partial charge is 0.395 e. The number of aliphatic hydroxyl groups is 1. The van der Waals surface area contributed by atoms with Gasteiger partial charge >= 0.3 is 5.69 Å². The molecule has 0 saturated heterocycles. The van der Waals surface area contributed by atoms with E-state index in [-0.39, 0.29) is 19.7 Å². The van der Waals surface area contributed by atoms with Gasteiger partial charge in [0.2, 0.25) is 5.82 Å². The first kappa shape index (κ1) is 16.0. The maximum atomic E-state index is 13.9. The average Bonchev–Trinajstić information content (AvgIpc) is 2.39. The number of nitro groups is 1. The van der Waals surface area contributed by atoms with Crippen molar-refractivity contribution in [2.24, 2.45) is 0 Å². The molecule has 0 aliphatic carbocycles. The van der Waals surface area contributed by atoms with Crippen LogP contribution >= 0.6 is 0 Å². The fourth-order valence-electron chi connectivity index (χ4n) is 1.74. The van der Waals surface area contributed by atoms with Crippen molar-refractivity contribution in [2.45, 2.75) is 13.3 Å². The van der Waals surface area contributed by atoms with Crippen LogP contribution in [0, 0.1) is 21.7 Å². The van der Waals surface area contributed by atoms with Gasteiger partial charge in [0.1, 0.15) is 5.82 Å². The molecule has 8 heteroatoms. The monoisotopic (exact) mass is 288 g/mol. The highest BCUT2D eigenvalue weighted by Gasteiger charge is 2.26. The molecule has 20 heavy (non-hydrogen) atoms. The zero-order chi connectivity index (χ0) is 15.3. The van der Waals surface area contributed by atoms with Crippen LogP contribution in [0.5, 0.6) is 0 Å². The molecule has 0 bridgehead atoms. The van der Waals surface area contributed by atoms with E-state index in [1.165, 1.54) is 0 Å². The topological polar surface area (TPSA) is 83.7 Å². The van der Waals surface area contributed by atoms with E-state index in [1.807, 2.05) is 0 Å². The molecular weight excluding hydrogens is 274 g/mol. The lowest BCUT2D eigenvalue weighted by Crippen LogP contribution is -2.35. The predicted molar refractivity (Wildman–Crippen MR) is 66.3 cm³/mol. The SMILES string of the molecule is CCCN(CCO)C(=O)c1cc(F)cc([N+](=O)[O-])c1F. The Morgan fingerprint density at radius 3 is 2.55 bits per heavy atom. The van der Waals surface area contributed by atoms with Crippen LogP contribution in [0.2, 0.25) is 0 Å². The summed E-state index contributed by atoms with van der Waals surface area (Å²) < 4.78 is 27.1. The lowest BCUT2D eigenvalue weighted by atomic mass is 10.1. The summed E-state index contributed by atoms with van der Waals surface area (Å²) in [4.78, 5) is 22.7. The fraction of sp³-hybridized carbons (Fsp3) is 0.417. The van der Waals surface area contributed by atoms with Crippen molar-refractivity contribution in [1.29, 1.82) is 0 Å². The Morgan fingerprint density at radius 2 is 2.05 bits per heavy atom. The molecule has 1 N–H and O–H groups in total. The zero-order valence-corrected chi connectivity index (χ0v) is 10.8. The number of aliphatic hydroxyl groups excluding tert-OH is 1. The van der Waals surface area contributed by atoms with Gasteiger partial charge in [0.25, 0.3) is 5.91 Å². The van der Waals surface area contributed by atoms with Crippen molar-refractivity contribution >= 4 is 11.6 Å². The quantitative estimate of drug-likeness (QED) is 0.638. The lowest BCUT2D eigenvalue weighted by Gasteiger charge is -2.21. The number of carbonyl (C=O) groups excluding carboxylic acids is 1. The highest BCUT2D eigenvalue weighted by Crippen LogP contribution is 2.23. The third-order valence-corrected chi connectivity index (χ3v) is 2.60. The normalized spacial score (nSPS) is 10.4. The Kier molecular flexibility index (Phi) is 5.51. The van der Waals surface area contributed by atoms with Crippen LogP contribution in [-0.4, -0.2) is 40.5 Å². The Bertz CT molecular complexity index is 516. The third-order valence-electron chi connectivity index (χ3n) is 2.60. The number of hydrogen-bond donors (Lipinski definition) is 1. The molecule has 0 radical (unpaired) electrons. The van der Waals surface area contributed by atoms with Gasteiger partial charge in [-0.15, -0.1) is 0 Å². The van der Waals surface area contributed by atoms with Crippen molar-refractivity contribution in [1.82, 2.24) is 4.90 Å². The highest BCUT2D eigenvalue weighted by atomic mass is 19.1. The van der Waals surface area contributed by atoms with E-state index in [4.69, 9.17) is 5.11 Å². The standard InChI is InChI=1S/C12H14F2N2O4/c1-2-3-15(4-5-17)12(18)9-6-8(13)7-10(11(9)14)16(19)20/h6-7,17H,2-5H2,1H3. The van der Waals surface area contributed by atoms with Gasteiger partial charge in [-0.25, -0.2) is 4.39 Å². The molecule has 0 saturated carbocycles. The summed E-state index contributed by atoms with van der Waals surface area (Å²) in [5.74, 6) is -3.33. The summed E-state index contributed by atoms with van der Waals surface area (Å²) in [5.41, 5.74) is -1.80. The summed E-state index contributed by atoms with van der Waals surface area (Å²) in [7, 11) is 0. The molecule has 110 valence electrons. The van der Waals surface area contributed by atoms with Crippen molar-refractivity contribution in [3.63, 3.8) is 0 Å². The van der Waals surface area contributed by atoms with E-state index in [0.717, 1.165) is 4.90 Å². The minimum absolute atomic E-state index is 0.0591. The fourth-order valence-corrected chi connectivity index (χ4v) is 1.74. The van der Waals surface area contributed by atoms with Gasteiger partial charge < -0.3 is 10.0 Å². The number of carbonyl (C=O) groups is 1. The Balaban J connectivity index is 3.23. The van der Waals surface area contributed by atoms with Crippen LogP contribution in [0.1, 0.15) is 23.7 Å². The van der Waals surface area contributed by atoms with E-state index in [1.54, 1.807) is 6.92 Å². The van der Waals surface area contributed by atoms with Crippen molar-refractivity contribution in [3.8, 4) is 0 Å². The molecule has 1 amide bonds. The molecule has 0 aliphatic rings. The van der Waals surface area contributed by atoms with Gasteiger partial charge in [-0.2, -0.15) is 4.39 Å². The minimum Gasteiger partial charge on any atom is -0.395 e. The number of nitrogens with zero attached hydrogens (tertiary/aromatic N) is 2. The smallest absolute Gasteiger partial charge is 0.308 e. The van der Waals surface area contributed by atoms with Crippen LogP contribution in [0.4, 0.5) is 14.5 Å². The Morgan fingerprint density at radius 1 is 1.40 bits per heavy atom. The molecule has 0 aliphatic heterocycles. The summed E-state index contributed by atoms with van der Waals surface area (Å²) >= 11 is 0. The van der Waals surface area contributed by atoms with Crippen molar-refractivity contribution < 1.29 is 23.6 Å². The van der Waals surface area contributed by atoms with Gasteiger partial charge in [0, 0.05) is 13.1 Å². The molecule has 1 aromatic rings. The van der Waals surface area contributed by atoms with Gasteiger partial charge in [-0.3, -0.25) is 14.9 Å². The first-order valence-electron chi connectivity index (χ1n) is 5.95. The zero-order valence-electron chi connectivity index (χ0n) is 10.8. The number of amides is 1. The molecule has 0 heterocycles. The maximum absolute atomic E-state index is 13.9. The van der Waals surface area contributed by atoms with Crippen LogP contribution in [0.3, 0.4) is 0 Å². The molecule has 0 unspecified atom stereocenters. The van der Waals surface area contributed by atoms with E-state index >= 15 is 0 Å². The first-order chi connectivity index (χ1) is 9.42. The summed E-state index contributed by atoms with van der Waals surface area (Å²) in [6.07, 6.45) is 0.546. The number of rotatable bonds is 6. The van der Waals surface area contributed by atoms with Gasteiger partial charge in [0.05, 0.1) is 23.2 Å². The van der Waals surface area contributed by atoms with E-state index in [2.05, 4.69) is 0 Å². The Labute approximate surface area is 113 Å². The summed E-state index contributed by atoms with van der Waals surface area (Å²) in [5, 5.41) is 19.5. The lowest BCUT2D eigenvalue weighted by molar-refractivity contribution is -0.387. The molecule has 0 spiro atoms. The number of hydrogen-bond acceptors (Lipinski definition) is 4. The van der Waals surface area contributed by atoms with Gasteiger partial charge in [-0.1, -0.05) is 6.92 Å². The molecule has 0 aromatic heterocycles. The number of benzene rings is 1. The minimum atomic E-state index is -1.37. The molecule has 1 rings (SSSR count). The van der Waals surface area contributed by atoms with E-state index in [0.29, 0.717) is 18.6 Å². The van der Waals surface area contributed by atoms with Crippen LogP contribution in [-0.2, 0) is 0 Å². The molecule has 6 nitrogen and oxygen atoms in total. The Hall–Kier alpha value is -2.09. The van der Waals surface area contributed by atoms with E-state index < -0.39 is 33.7 Å². The molecular formula is C12H14F2N2O4. The highest BCUT2D eigenvalue weighted by molar-refractivity contribution is 5.95. The van der Waals surface area contributed by atoms with Crippen LogP contribution < -0.4 is 0 Å². The van der Waals surface area contributed by atoms with Crippen molar-refractivity contribution in [3.05, 3.63) is 39.4 Å². The number of nitro benzene ring substituents is 1. The van der Waals surface area contributed by atoms with Crippen LogP contribution in [0.25, 0.3) is 0 Å². The van der Waals surface area contributed by atoms with Crippen molar-refractivity contribution in [2.75, 3.05) is 19.7 Å². The van der Waals surface area contributed by atoms with Gasteiger partial charge in [-0.05, 0) is 12.5 Å².